The second-order valence-corrected chi connectivity index (χ2v) is 6.55. The fourth-order valence-electron chi connectivity index (χ4n) is 1.85. The summed E-state index contributed by atoms with van der Waals surface area (Å²) in [5.74, 6) is -0.238. The van der Waals surface area contributed by atoms with Gasteiger partial charge in [-0.15, -0.1) is 11.3 Å². The zero-order chi connectivity index (χ0) is 15.3. The van der Waals surface area contributed by atoms with E-state index in [0.29, 0.717) is 12.6 Å². The van der Waals surface area contributed by atoms with Gasteiger partial charge < -0.3 is 15.0 Å². The Hall–Kier alpha value is -1.14. The first-order chi connectivity index (χ1) is 9.27. The van der Waals surface area contributed by atoms with Gasteiger partial charge in [0, 0.05) is 18.0 Å². The summed E-state index contributed by atoms with van der Waals surface area (Å²) in [6.45, 7) is 8.91. The number of esters is 1. The van der Waals surface area contributed by atoms with Crippen molar-refractivity contribution in [1.29, 1.82) is 0 Å². The van der Waals surface area contributed by atoms with Gasteiger partial charge in [0.1, 0.15) is 5.41 Å². The van der Waals surface area contributed by atoms with Crippen LogP contribution in [0.25, 0.3) is 0 Å². The van der Waals surface area contributed by atoms with Crippen molar-refractivity contribution >= 4 is 22.4 Å². The summed E-state index contributed by atoms with van der Waals surface area (Å²) in [4.78, 5) is 18.6. The molecule has 0 aliphatic rings. The zero-order valence-electron chi connectivity index (χ0n) is 13.2. The summed E-state index contributed by atoms with van der Waals surface area (Å²) in [7, 11) is 4.07. The maximum absolute atomic E-state index is 12.0. The number of nitrogens with zero attached hydrogens (tertiary/aromatic N) is 2. The number of carbonyl (C=O) groups is 1. The molecular weight excluding hydrogens is 274 g/mol. The van der Waals surface area contributed by atoms with Crippen molar-refractivity contribution in [3.05, 3.63) is 11.1 Å². The molecule has 1 aromatic heterocycles. The normalized spacial score (nSPS) is 13.3. The molecule has 20 heavy (non-hydrogen) atoms. The van der Waals surface area contributed by atoms with Crippen LogP contribution in [0.2, 0.25) is 0 Å². The molecule has 5 nitrogen and oxygen atoms in total. The molecule has 1 N–H and O–H groups in total. The van der Waals surface area contributed by atoms with E-state index in [2.05, 4.69) is 22.1 Å². The van der Waals surface area contributed by atoms with Crippen molar-refractivity contribution < 1.29 is 9.53 Å². The fourth-order valence-corrected chi connectivity index (χ4v) is 2.84. The first-order valence-electron chi connectivity index (χ1n) is 6.81. The number of hydrogen-bond donors (Lipinski definition) is 1. The van der Waals surface area contributed by atoms with Crippen molar-refractivity contribution in [2.24, 2.45) is 0 Å². The number of ether oxygens (including phenoxy) is 1. The van der Waals surface area contributed by atoms with E-state index in [9.17, 15) is 4.79 Å². The molecule has 0 aromatic carbocycles. The van der Waals surface area contributed by atoms with Crippen molar-refractivity contribution in [3.8, 4) is 0 Å². The lowest BCUT2D eigenvalue weighted by molar-refractivity contribution is -0.148. The fraction of sp³-hybridized carbons (Fsp3) is 0.714. The molecule has 0 aliphatic heterocycles. The van der Waals surface area contributed by atoms with Crippen LogP contribution >= 0.6 is 11.3 Å². The second-order valence-electron chi connectivity index (χ2n) is 5.69. The third-order valence-electron chi connectivity index (χ3n) is 2.94. The van der Waals surface area contributed by atoms with Crippen LogP contribution in [0, 0.1) is 0 Å². The van der Waals surface area contributed by atoms with E-state index in [1.807, 2.05) is 40.2 Å². The summed E-state index contributed by atoms with van der Waals surface area (Å²) >= 11 is 1.52. The molecule has 1 unspecified atom stereocenters. The average Bonchev–Trinajstić information content (AvgIpc) is 2.77. The Morgan fingerprint density at radius 2 is 2.20 bits per heavy atom. The third kappa shape index (κ3) is 4.45. The maximum Gasteiger partial charge on any atom is 0.317 e. The van der Waals surface area contributed by atoms with Crippen LogP contribution in [0.3, 0.4) is 0 Å². The quantitative estimate of drug-likeness (QED) is 0.783. The molecule has 0 amide bonds. The van der Waals surface area contributed by atoms with Gasteiger partial charge in [0.2, 0.25) is 0 Å². The van der Waals surface area contributed by atoms with Crippen molar-refractivity contribution in [2.75, 3.05) is 32.6 Å². The number of carbonyl (C=O) groups excluding carboxylic acids is 1. The van der Waals surface area contributed by atoms with Gasteiger partial charge in [0.05, 0.1) is 12.3 Å². The zero-order valence-corrected chi connectivity index (χ0v) is 14.0. The molecule has 0 saturated heterocycles. The molecule has 114 valence electrons. The molecule has 6 heteroatoms. The molecule has 1 aromatic rings. The number of thiazole rings is 1. The summed E-state index contributed by atoms with van der Waals surface area (Å²) in [5, 5.41) is 6.11. The predicted octanol–water partition coefficient (Wildman–Crippen LogP) is 2.35. The molecule has 0 spiro atoms. The molecular formula is C14H25N3O2S. The molecule has 0 radical (unpaired) electrons. The number of nitrogens with one attached hydrogen (secondary N) is 1. The lowest BCUT2D eigenvalue weighted by atomic mass is 9.90. The SMILES string of the molecule is CCOC(=O)C(C)(C)c1csc(NC(C)CN(C)C)n1. The monoisotopic (exact) mass is 299 g/mol. The lowest BCUT2D eigenvalue weighted by Gasteiger charge is -2.20. The minimum Gasteiger partial charge on any atom is -0.465 e. The van der Waals surface area contributed by atoms with E-state index in [1.165, 1.54) is 11.3 Å². The van der Waals surface area contributed by atoms with Crippen LogP contribution in [0.5, 0.6) is 0 Å². The number of rotatable bonds is 7. The van der Waals surface area contributed by atoms with Crippen LogP contribution in [0.4, 0.5) is 5.13 Å². The van der Waals surface area contributed by atoms with Crippen molar-refractivity contribution in [1.82, 2.24) is 9.88 Å². The largest absolute Gasteiger partial charge is 0.465 e. The van der Waals surface area contributed by atoms with Crippen molar-refractivity contribution in [3.63, 3.8) is 0 Å². The standard InChI is InChI=1S/C14H25N3O2S/c1-7-19-12(18)14(3,4)11-9-20-13(16-11)15-10(2)8-17(5)6/h9-10H,7-8H2,1-6H3,(H,15,16). The summed E-state index contributed by atoms with van der Waals surface area (Å²) in [6, 6.07) is 0.301. The van der Waals surface area contributed by atoms with Crippen LogP contribution in [0.15, 0.2) is 5.38 Å². The van der Waals surface area contributed by atoms with Crippen LogP contribution in [-0.2, 0) is 14.9 Å². The van der Waals surface area contributed by atoms with Crippen LogP contribution < -0.4 is 5.32 Å². The minimum absolute atomic E-state index is 0.238. The smallest absolute Gasteiger partial charge is 0.317 e. The van der Waals surface area contributed by atoms with Gasteiger partial charge in [-0.1, -0.05) is 0 Å². The van der Waals surface area contributed by atoms with Gasteiger partial charge in [-0.2, -0.15) is 0 Å². The Morgan fingerprint density at radius 3 is 2.75 bits per heavy atom. The molecule has 1 heterocycles. The highest BCUT2D eigenvalue weighted by Crippen LogP contribution is 2.28. The predicted molar refractivity (Wildman–Crippen MR) is 83.4 cm³/mol. The maximum atomic E-state index is 12.0. The van der Waals surface area contributed by atoms with Gasteiger partial charge >= 0.3 is 5.97 Å². The van der Waals surface area contributed by atoms with E-state index >= 15 is 0 Å². The number of aromatic nitrogens is 1. The number of hydrogen-bond acceptors (Lipinski definition) is 6. The Kier molecular flexibility index (Phi) is 5.95. The molecule has 0 bridgehead atoms. The van der Waals surface area contributed by atoms with Gasteiger partial charge in [0.15, 0.2) is 5.13 Å². The van der Waals surface area contributed by atoms with Gasteiger partial charge in [-0.3, -0.25) is 4.79 Å². The number of likely N-dealkylation sites (N-methyl/N-ethyl adjacent to an activating group) is 1. The van der Waals surface area contributed by atoms with E-state index < -0.39 is 5.41 Å². The lowest BCUT2D eigenvalue weighted by Crippen LogP contribution is -2.32. The molecule has 0 aliphatic carbocycles. The number of anilines is 1. The first-order valence-corrected chi connectivity index (χ1v) is 7.69. The Balaban J connectivity index is 2.73. The molecule has 1 rings (SSSR count). The van der Waals surface area contributed by atoms with Gasteiger partial charge in [-0.25, -0.2) is 4.98 Å². The second kappa shape index (κ2) is 7.04. The Bertz CT molecular complexity index is 443. The van der Waals surface area contributed by atoms with Crippen LogP contribution in [0.1, 0.15) is 33.4 Å². The molecule has 0 fully saturated rings. The van der Waals surface area contributed by atoms with E-state index in [-0.39, 0.29) is 5.97 Å². The average molecular weight is 299 g/mol. The summed E-state index contributed by atoms with van der Waals surface area (Å²) in [6.07, 6.45) is 0. The highest BCUT2D eigenvalue weighted by atomic mass is 32.1. The summed E-state index contributed by atoms with van der Waals surface area (Å²) in [5.41, 5.74) is 0.0394. The highest BCUT2D eigenvalue weighted by Gasteiger charge is 2.34. The molecule has 1 atom stereocenters. The van der Waals surface area contributed by atoms with Gasteiger partial charge in [-0.05, 0) is 41.8 Å². The first kappa shape index (κ1) is 16.9. The Labute approximate surface area is 125 Å². The van der Waals surface area contributed by atoms with E-state index in [0.717, 1.165) is 17.4 Å². The Morgan fingerprint density at radius 1 is 1.55 bits per heavy atom. The topological polar surface area (TPSA) is 54.5 Å². The van der Waals surface area contributed by atoms with Crippen LogP contribution in [-0.4, -0.2) is 49.1 Å². The minimum atomic E-state index is -0.711. The van der Waals surface area contributed by atoms with Crippen molar-refractivity contribution in [2.45, 2.75) is 39.2 Å². The van der Waals surface area contributed by atoms with E-state index in [4.69, 9.17) is 4.74 Å². The summed E-state index contributed by atoms with van der Waals surface area (Å²) < 4.78 is 5.10. The highest BCUT2D eigenvalue weighted by molar-refractivity contribution is 7.13. The molecule has 0 saturated carbocycles. The van der Waals surface area contributed by atoms with E-state index in [1.54, 1.807) is 0 Å². The third-order valence-corrected chi connectivity index (χ3v) is 3.71. The van der Waals surface area contributed by atoms with Gasteiger partial charge in [0.25, 0.3) is 0 Å².